The number of benzene rings is 2. The summed E-state index contributed by atoms with van der Waals surface area (Å²) in [4.78, 5) is 13.2. The first-order valence-corrected chi connectivity index (χ1v) is 11.0. The van der Waals surface area contributed by atoms with Crippen molar-refractivity contribution in [2.24, 2.45) is 0 Å². The fourth-order valence-electron chi connectivity index (χ4n) is 4.34. The molecule has 1 aromatic heterocycles. The summed E-state index contributed by atoms with van der Waals surface area (Å²) in [6, 6.07) is 15.0. The van der Waals surface area contributed by atoms with Gasteiger partial charge in [-0.2, -0.15) is 29.4 Å². The Morgan fingerprint density at radius 3 is 2.55 bits per heavy atom. The Labute approximate surface area is 214 Å². The number of nitrogens with one attached hydrogen (secondary N) is 1. The van der Waals surface area contributed by atoms with Gasteiger partial charge in [0.15, 0.2) is 5.69 Å². The van der Waals surface area contributed by atoms with Gasteiger partial charge in [-0.1, -0.05) is 37.8 Å². The van der Waals surface area contributed by atoms with Crippen LogP contribution in [0.4, 0.5) is 0 Å². The van der Waals surface area contributed by atoms with E-state index in [2.05, 4.69) is 18.3 Å². The number of hydrogen-bond donors (Lipinski definition) is 1. The van der Waals surface area contributed by atoms with Crippen molar-refractivity contribution in [3.05, 3.63) is 69.9 Å². The maximum atomic E-state index is 13.2. The average molecular weight is 510 g/mol. The molecule has 1 aliphatic rings. The van der Waals surface area contributed by atoms with Crippen LogP contribution in [-0.2, 0) is 32.7 Å². The minimum absolute atomic E-state index is 0. The van der Waals surface area contributed by atoms with E-state index < -0.39 is 0 Å². The van der Waals surface area contributed by atoms with Crippen LogP contribution in [0, 0.1) is 26.8 Å². The standard InChI is InChI=1S/C25H27ClN3O.Y/c1-16-9-7-8-12-21(16)24-18(3)23(25(30)27-20-10-5-4-6-11-20)28-29(24)22-14-13-19(26)15-17(22)2;/h8-9,12-15,20H,4-6,10-11H2,1-3H3,(H,27,30);/q-1;. The zero-order valence-corrected chi connectivity index (χ0v) is 21.9. The summed E-state index contributed by atoms with van der Waals surface area (Å²) in [7, 11) is 0. The first-order valence-electron chi connectivity index (χ1n) is 10.6. The van der Waals surface area contributed by atoms with Crippen molar-refractivity contribution in [3.63, 3.8) is 0 Å². The maximum Gasteiger partial charge on any atom is 0.272 e. The second-order valence-electron chi connectivity index (χ2n) is 8.21. The molecule has 4 nitrogen and oxygen atoms in total. The van der Waals surface area contributed by atoms with Gasteiger partial charge in [-0.25, -0.2) is 4.68 Å². The summed E-state index contributed by atoms with van der Waals surface area (Å²) in [5, 5.41) is 8.70. The molecule has 1 N–H and O–H groups in total. The molecule has 31 heavy (non-hydrogen) atoms. The molecule has 1 aliphatic carbocycles. The quantitative estimate of drug-likeness (QED) is 0.440. The van der Waals surface area contributed by atoms with Crippen molar-refractivity contribution >= 4 is 17.5 Å². The topological polar surface area (TPSA) is 46.9 Å². The van der Waals surface area contributed by atoms with Crippen LogP contribution in [0.2, 0.25) is 5.02 Å². The number of nitrogens with zero attached hydrogens (tertiary/aromatic N) is 2. The summed E-state index contributed by atoms with van der Waals surface area (Å²) in [6.45, 7) is 6.05. The molecular weight excluding hydrogens is 483 g/mol. The zero-order valence-electron chi connectivity index (χ0n) is 18.3. The summed E-state index contributed by atoms with van der Waals surface area (Å²) < 4.78 is 1.89. The molecule has 3 aromatic rings. The van der Waals surface area contributed by atoms with Gasteiger partial charge in [0.25, 0.3) is 5.91 Å². The largest absolute Gasteiger partial charge is 0.348 e. The van der Waals surface area contributed by atoms with Crippen LogP contribution in [0.3, 0.4) is 0 Å². The molecular formula is C25H27ClN3OY-. The third kappa shape index (κ3) is 5.13. The fraction of sp³-hybridized carbons (Fsp3) is 0.360. The Kier molecular flexibility index (Phi) is 8.12. The second kappa shape index (κ2) is 10.4. The summed E-state index contributed by atoms with van der Waals surface area (Å²) in [6.07, 6.45) is 5.69. The number of hydrogen-bond acceptors (Lipinski definition) is 2. The van der Waals surface area contributed by atoms with Crippen molar-refractivity contribution in [2.45, 2.75) is 58.9 Å². The molecule has 0 unspecified atom stereocenters. The van der Waals surface area contributed by atoms with E-state index in [4.69, 9.17) is 16.7 Å². The molecule has 0 atom stereocenters. The number of carbonyl (C=O) groups excluding carboxylic acids is 1. The van der Waals surface area contributed by atoms with Gasteiger partial charge in [0.05, 0.1) is 11.4 Å². The molecule has 2 aromatic carbocycles. The molecule has 159 valence electrons. The minimum atomic E-state index is -0.0915. The first-order chi connectivity index (χ1) is 14.5. The van der Waals surface area contributed by atoms with Crippen molar-refractivity contribution < 1.29 is 37.5 Å². The average Bonchev–Trinajstić information content (AvgIpc) is 3.06. The number of aromatic nitrogens is 2. The van der Waals surface area contributed by atoms with Crippen molar-refractivity contribution in [3.8, 4) is 16.9 Å². The van der Waals surface area contributed by atoms with Gasteiger partial charge in [0.1, 0.15) is 0 Å². The molecule has 0 saturated heterocycles. The molecule has 0 aliphatic heterocycles. The van der Waals surface area contributed by atoms with E-state index in [0.717, 1.165) is 46.5 Å². The van der Waals surface area contributed by atoms with Crippen molar-refractivity contribution in [2.75, 3.05) is 0 Å². The van der Waals surface area contributed by atoms with E-state index in [-0.39, 0.29) is 44.7 Å². The van der Waals surface area contributed by atoms with Crippen LogP contribution in [0.5, 0.6) is 0 Å². The zero-order chi connectivity index (χ0) is 21.3. The van der Waals surface area contributed by atoms with E-state index in [1.807, 2.05) is 54.9 Å². The van der Waals surface area contributed by atoms with Gasteiger partial charge in [0.2, 0.25) is 0 Å². The SMILES string of the molecule is Cc1c[c-]ccc1-c1c(C)c(C(=O)NC2CCCCC2)nn1-c1ccc(Cl)cc1C.[Y]. The second-order valence-corrected chi connectivity index (χ2v) is 8.65. The monoisotopic (exact) mass is 509 g/mol. The van der Waals surface area contributed by atoms with Crippen LogP contribution in [-0.4, -0.2) is 21.7 Å². The van der Waals surface area contributed by atoms with E-state index in [0.29, 0.717) is 10.7 Å². The van der Waals surface area contributed by atoms with Crippen molar-refractivity contribution in [1.82, 2.24) is 15.1 Å². The fourth-order valence-corrected chi connectivity index (χ4v) is 4.57. The maximum absolute atomic E-state index is 13.2. The molecule has 1 saturated carbocycles. The summed E-state index contributed by atoms with van der Waals surface area (Å²) >= 11 is 6.18. The number of aryl methyl sites for hydroxylation is 2. The van der Waals surface area contributed by atoms with E-state index in [9.17, 15) is 4.79 Å². The Morgan fingerprint density at radius 1 is 1.13 bits per heavy atom. The van der Waals surface area contributed by atoms with Gasteiger partial charge in [-0.15, -0.1) is 11.1 Å². The van der Waals surface area contributed by atoms with E-state index in [1.165, 1.54) is 19.3 Å². The van der Waals surface area contributed by atoms with Crippen LogP contribution >= 0.6 is 11.6 Å². The van der Waals surface area contributed by atoms with E-state index in [1.54, 1.807) is 0 Å². The Morgan fingerprint density at radius 2 is 1.87 bits per heavy atom. The third-order valence-electron chi connectivity index (χ3n) is 5.99. The smallest absolute Gasteiger partial charge is 0.272 e. The number of carbonyl (C=O) groups is 1. The van der Waals surface area contributed by atoms with Gasteiger partial charge in [0, 0.05) is 49.3 Å². The minimum Gasteiger partial charge on any atom is -0.348 e. The molecule has 0 spiro atoms. The van der Waals surface area contributed by atoms with Crippen LogP contribution in [0.1, 0.15) is 59.3 Å². The molecule has 4 rings (SSSR count). The summed E-state index contributed by atoms with van der Waals surface area (Å²) in [5.74, 6) is -0.0915. The molecule has 1 heterocycles. The Bertz CT molecular complexity index is 1090. The molecule has 0 bridgehead atoms. The molecule has 1 amide bonds. The van der Waals surface area contributed by atoms with Crippen molar-refractivity contribution in [1.29, 1.82) is 0 Å². The third-order valence-corrected chi connectivity index (χ3v) is 6.23. The first kappa shape index (κ1) is 24.2. The number of halogens is 1. The van der Waals surface area contributed by atoms with Gasteiger partial charge in [-0.05, 0) is 50.5 Å². The predicted octanol–water partition coefficient (Wildman–Crippen LogP) is 5.98. The van der Waals surface area contributed by atoms with Gasteiger partial charge < -0.3 is 5.32 Å². The summed E-state index contributed by atoms with van der Waals surface area (Å²) in [5.41, 5.74) is 6.36. The van der Waals surface area contributed by atoms with Crippen LogP contribution in [0.15, 0.2) is 36.4 Å². The predicted molar refractivity (Wildman–Crippen MR) is 121 cm³/mol. The van der Waals surface area contributed by atoms with Gasteiger partial charge >= 0.3 is 0 Å². The Balaban J connectivity index is 0.00000272. The molecule has 6 heteroatoms. The van der Waals surface area contributed by atoms with Crippen LogP contribution < -0.4 is 5.32 Å². The molecule has 1 fully saturated rings. The number of rotatable bonds is 4. The van der Waals surface area contributed by atoms with Gasteiger partial charge in [-0.3, -0.25) is 4.79 Å². The molecule has 1 radical (unpaired) electrons. The number of amides is 1. The van der Waals surface area contributed by atoms with Crippen LogP contribution in [0.25, 0.3) is 16.9 Å². The Hall–Kier alpha value is -1.49. The van der Waals surface area contributed by atoms with E-state index >= 15 is 0 Å². The normalized spacial score (nSPS) is 14.2.